The molecule has 2 aromatic rings. The Kier molecular flexibility index (Phi) is 2.95. The summed E-state index contributed by atoms with van der Waals surface area (Å²) in [6, 6.07) is 9.30. The van der Waals surface area contributed by atoms with E-state index in [0.29, 0.717) is 12.2 Å². The summed E-state index contributed by atoms with van der Waals surface area (Å²) < 4.78 is 27.1. The van der Waals surface area contributed by atoms with Crippen LogP contribution in [0.3, 0.4) is 0 Å². The molecule has 3 rings (SSSR count). The Morgan fingerprint density at radius 1 is 1.11 bits per heavy atom. The molecule has 2 aromatic carbocycles. The Morgan fingerprint density at radius 3 is 2.74 bits per heavy atom. The van der Waals surface area contributed by atoms with Crippen LogP contribution in [-0.2, 0) is 13.0 Å². The number of aliphatic hydroxyl groups excluding tert-OH is 1. The molecule has 0 aromatic heterocycles. The number of hydrogen-bond acceptors (Lipinski definition) is 2. The van der Waals surface area contributed by atoms with Crippen LogP contribution in [0.5, 0.6) is 0 Å². The van der Waals surface area contributed by atoms with Gasteiger partial charge in [-0.15, -0.1) is 0 Å². The number of anilines is 2. The fourth-order valence-corrected chi connectivity index (χ4v) is 2.56. The van der Waals surface area contributed by atoms with E-state index in [1.165, 1.54) is 18.2 Å². The van der Waals surface area contributed by atoms with Crippen molar-refractivity contribution in [2.45, 2.75) is 13.0 Å². The number of rotatable bonds is 2. The Morgan fingerprint density at radius 2 is 1.95 bits per heavy atom. The third-order valence-corrected chi connectivity index (χ3v) is 3.49. The van der Waals surface area contributed by atoms with E-state index in [0.717, 1.165) is 17.7 Å². The minimum atomic E-state index is -0.440. The van der Waals surface area contributed by atoms with Crippen molar-refractivity contribution in [3.8, 4) is 0 Å². The molecule has 19 heavy (non-hydrogen) atoms. The van der Waals surface area contributed by atoms with E-state index < -0.39 is 5.82 Å². The van der Waals surface area contributed by atoms with E-state index in [1.54, 1.807) is 18.2 Å². The van der Waals surface area contributed by atoms with Gasteiger partial charge in [0, 0.05) is 23.5 Å². The molecule has 0 saturated carbocycles. The van der Waals surface area contributed by atoms with Gasteiger partial charge in [0.15, 0.2) is 0 Å². The van der Waals surface area contributed by atoms with Crippen LogP contribution in [0, 0.1) is 11.6 Å². The van der Waals surface area contributed by atoms with Crippen molar-refractivity contribution < 1.29 is 13.9 Å². The van der Waals surface area contributed by atoms with Gasteiger partial charge < -0.3 is 10.0 Å². The molecule has 0 bridgehead atoms. The van der Waals surface area contributed by atoms with E-state index in [1.807, 2.05) is 4.90 Å². The molecule has 1 aliphatic heterocycles. The number of hydrogen-bond donors (Lipinski definition) is 1. The first-order chi connectivity index (χ1) is 9.20. The van der Waals surface area contributed by atoms with Gasteiger partial charge in [0.2, 0.25) is 0 Å². The molecule has 1 N–H and O–H groups in total. The highest BCUT2D eigenvalue weighted by Gasteiger charge is 2.23. The van der Waals surface area contributed by atoms with Gasteiger partial charge in [0.1, 0.15) is 11.6 Å². The molecule has 0 aliphatic carbocycles. The van der Waals surface area contributed by atoms with E-state index in [-0.39, 0.29) is 18.0 Å². The molecule has 1 heterocycles. The van der Waals surface area contributed by atoms with Gasteiger partial charge >= 0.3 is 0 Å². The van der Waals surface area contributed by atoms with Crippen LogP contribution < -0.4 is 4.90 Å². The highest BCUT2D eigenvalue weighted by molar-refractivity contribution is 5.72. The van der Waals surface area contributed by atoms with Gasteiger partial charge in [0.25, 0.3) is 0 Å². The van der Waals surface area contributed by atoms with Crippen molar-refractivity contribution in [2.75, 3.05) is 11.4 Å². The summed E-state index contributed by atoms with van der Waals surface area (Å²) in [7, 11) is 0. The molecule has 1 aliphatic rings. The van der Waals surface area contributed by atoms with E-state index >= 15 is 0 Å². The first-order valence-electron chi connectivity index (χ1n) is 6.15. The molecule has 0 saturated heterocycles. The Labute approximate surface area is 109 Å². The van der Waals surface area contributed by atoms with Gasteiger partial charge in [-0.1, -0.05) is 12.1 Å². The highest BCUT2D eigenvalue weighted by atomic mass is 19.1. The first kappa shape index (κ1) is 12.1. The molecular formula is C15H13F2NO. The highest BCUT2D eigenvalue weighted by Crippen LogP contribution is 2.37. The molecule has 0 unspecified atom stereocenters. The van der Waals surface area contributed by atoms with Crippen molar-refractivity contribution in [2.24, 2.45) is 0 Å². The molecular weight excluding hydrogens is 248 g/mol. The Bertz CT molecular complexity index is 628. The third-order valence-electron chi connectivity index (χ3n) is 3.49. The second-order valence-electron chi connectivity index (χ2n) is 4.57. The van der Waals surface area contributed by atoms with Crippen LogP contribution >= 0.6 is 0 Å². The van der Waals surface area contributed by atoms with Gasteiger partial charge in [-0.05, 0) is 36.2 Å². The van der Waals surface area contributed by atoms with Crippen LogP contribution in [-0.4, -0.2) is 11.7 Å². The Balaban J connectivity index is 2.11. The van der Waals surface area contributed by atoms with Crippen molar-refractivity contribution in [3.05, 3.63) is 59.2 Å². The fourth-order valence-electron chi connectivity index (χ4n) is 2.56. The quantitative estimate of drug-likeness (QED) is 0.897. The summed E-state index contributed by atoms with van der Waals surface area (Å²) in [6.45, 7) is 0.290. The SMILES string of the molecule is OCc1c(F)cccc1N1CCc2ccc(F)cc21. The summed E-state index contributed by atoms with van der Waals surface area (Å²) in [5.74, 6) is -0.752. The zero-order valence-electron chi connectivity index (χ0n) is 10.2. The molecule has 0 spiro atoms. The van der Waals surface area contributed by atoms with Crippen molar-refractivity contribution >= 4 is 11.4 Å². The van der Waals surface area contributed by atoms with Gasteiger partial charge in [-0.3, -0.25) is 0 Å². The maximum Gasteiger partial charge on any atom is 0.130 e. The van der Waals surface area contributed by atoms with Crippen LogP contribution in [0.15, 0.2) is 36.4 Å². The van der Waals surface area contributed by atoms with Crippen molar-refractivity contribution in [1.29, 1.82) is 0 Å². The first-order valence-corrected chi connectivity index (χ1v) is 6.15. The predicted octanol–water partition coefficient (Wildman–Crippen LogP) is 3.15. The lowest BCUT2D eigenvalue weighted by atomic mass is 10.1. The van der Waals surface area contributed by atoms with Crippen molar-refractivity contribution in [3.63, 3.8) is 0 Å². The lowest BCUT2D eigenvalue weighted by Gasteiger charge is -2.22. The molecule has 0 radical (unpaired) electrons. The number of benzene rings is 2. The largest absolute Gasteiger partial charge is 0.391 e. The average molecular weight is 261 g/mol. The van der Waals surface area contributed by atoms with Crippen LogP contribution in [0.4, 0.5) is 20.2 Å². The summed E-state index contributed by atoms with van der Waals surface area (Å²) in [5, 5.41) is 9.32. The maximum absolute atomic E-state index is 13.7. The van der Waals surface area contributed by atoms with E-state index in [2.05, 4.69) is 0 Å². The van der Waals surface area contributed by atoms with Crippen molar-refractivity contribution in [1.82, 2.24) is 0 Å². The number of fused-ring (bicyclic) bond motifs is 1. The fraction of sp³-hybridized carbons (Fsp3) is 0.200. The monoisotopic (exact) mass is 261 g/mol. The molecule has 0 amide bonds. The summed E-state index contributed by atoms with van der Waals surface area (Å²) >= 11 is 0. The van der Waals surface area contributed by atoms with Gasteiger partial charge in [-0.25, -0.2) is 8.78 Å². The van der Waals surface area contributed by atoms with Crippen LogP contribution in [0.1, 0.15) is 11.1 Å². The topological polar surface area (TPSA) is 23.5 Å². The molecule has 4 heteroatoms. The number of halogens is 2. The molecule has 2 nitrogen and oxygen atoms in total. The molecule has 0 atom stereocenters. The Hall–Kier alpha value is -1.94. The summed E-state index contributed by atoms with van der Waals surface area (Å²) in [6.07, 6.45) is 0.789. The molecule has 98 valence electrons. The second kappa shape index (κ2) is 4.63. The predicted molar refractivity (Wildman–Crippen MR) is 69.4 cm³/mol. The van der Waals surface area contributed by atoms with Gasteiger partial charge in [0.05, 0.1) is 6.61 Å². The minimum Gasteiger partial charge on any atom is -0.391 e. The number of nitrogens with zero attached hydrogens (tertiary/aromatic N) is 1. The second-order valence-corrected chi connectivity index (χ2v) is 4.57. The lowest BCUT2D eigenvalue weighted by molar-refractivity contribution is 0.276. The van der Waals surface area contributed by atoms with E-state index in [4.69, 9.17) is 0 Å². The third kappa shape index (κ3) is 1.98. The zero-order valence-corrected chi connectivity index (χ0v) is 10.2. The van der Waals surface area contributed by atoms with E-state index in [9.17, 15) is 13.9 Å². The summed E-state index contributed by atoms with van der Waals surface area (Å²) in [5.41, 5.74) is 2.64. The minimum absolute atomic E-state index is 0.250. The lowest BCUT2D eigenvalue weighted by Crippen LogP contribution is -2.16. The molecule has 0 fully saturated rings. The standard InChI is InChI=1S/C15H13F2NO/c16-11-5-4-10-6-7-18(15(10)8-11)14-3-1-2-13(17)12(14)9-19/h1-5,8,19H,6-7,9H2. The van der Waals surface area contributed by atoms with Crippen LogP contribution in [0.25, 0.3) is 0 Å². The van der Waals surface area contributed by atoms with Gasteiger partial charge in [-0.2, -0.15) is 0 Å². The van der Waals surface area contributed by atoms with Crippen LogP contribution in [0.2, 0.25) is 0 Å². The normalized spacial score (nSPS) is 13.7. The maximum atomic E-state index is 13.7. The zero-order chi connectivity index (χ0) is 13.4. The average Bonchev–Trinajstić information content (AvgIpc) is 2.81. The number of aliphatic hydroxyl groups is 1. The smallest absolute Gasteiger partial charge is 0.130 e. The summed E-state index contributed by atoms with van der Waals surface area (Å²) in [4.78, 5) is 1.85.